The zero-order valence-electron chi connectivity index (χ0n) is 15.3. The zero-order valence-corrected chi connectivity index (χ0v) is 17.7. The normalized spacial score (nSPS) is 11.6. The minimum Gasteiger partial charge on any atom is -0.506 e. The van der Waals surface area contributed by atoms with Gasteiger partial charge in [0.15, 0.2) is 5.82 Å². The SMILES string of the molecule is O=C(NCc1ccc(Cl)cc1)c1cnc2c(F)cc(S(=O)(=O)NCCCl)cc2c1O. The first kappa shape index (κ1) is 22.2. The van der Waals surface area contributed by atoms with Crippen molar-refractivity contribution in [2.75, 3.05) is 12.4 Å². The Morgan fingerprint density at radius 1 is 1.20 bits per heavy atom. The van der Waals surface area contributed by atoms with Crippen LogP contribution in [0.1, 0.15) is 15.9 Å². The molecule has 1 amide bonds. The highest BCUT2D eigenvalue weighted by molar-refractivity contribution is 7.89. The minimum absolute atomic E-state index is 0.0278. The van der Waals surface area contributed by atoms with Crippen LogP contribution in [0.3, 0.4) is 0 Å². The Hall–Kier alpha value is -2.46. The molecule has 7 nitrogen and oxygen atoms in total. The molecule has 1 aromatic heterocycles. The standard InChI is InChI=1S/C19H16Cl2FN3O4S/c20-5-6-25-30(28,29)13-7-14-17(16(22)8-13)23-10-15(18(14)26)19(27)24-9-11-1-3-12(21)4-2-11/h1-4,7-8,10,25H,5-6,9H2,(H,23,26)(H,24,27). The fraction of sp³-hybridized carbons (Fsp3) is 0.158. The van der Waals surface area contributed by atoms with E-state index in [0.717, 1.165) is 23.9 Å². The second-order valence-corrected chi connectivity index (χ2v) is 8.80. The molecular weight excluding hydrogens is 456 g/mol. The molecule has 3 rings (SSSR count). The number of amides is 1. The lowest BCUT2D eigenvalue weighted by atomic mass is 10.1. The zero-order chi connectivity index (χ0) is 21.9. The van der Waals surface area contributed by atoms with Gasteiger partial charge in [0.1, 0.15) is 16.8 Å². The number of pyridine rings is 1. The third kappa shape index (κ3) is 4.81. The molecule has 1 heterocycles. The van der Waals surface area contributed by atoms with Crippen molar-refractivity contribution >= 4 is 50.0 Å². The molecule has 0 spiro atoms. The highest BCUT2D eigenvalue weighted by atomic mass is 35.5. The number of aromatic nitrogens is 1. The van der Waals surface area contributed by atoms with E-state index in [1.807, 2.05) is 0 Å². The van der Waals surface area contributed by atoms with E-state index in [0.29, 0.717) is 5.02 Å². The van der Waals surface area contributed by atoms with Gasteiger partial charge in [0.2, 0.25) is 10.0 Å². The molecule has 0 aliphatic carbocycles. The van der Waals surface area contributed by atoms with Gasteiger partial charge in [-0.05, 0) is 29.8 Å². The maximum Gasteiger partial charge on any atom is 0.256 e. The van der Waals surface area contributed by atoms with Crippen molar-refractivity contribution in [3.8, 4) is 5.75 Å². The van der Waals surface area contributed by atoms with Crippen molar-refractivity contribution in [1.82, 2.24) is 15.0 Å². The van der Waals surface area contributed by atoms with Crippen molar-refractivity contribution in [2.45, 2.75) is 11.4 Å². The van der Waals surface area contributed by atoms with E-state index >= 15 is 0 Å². The first-order chi connectivity index (χ1) is 14.2. The quantitative estimate of drug-likeness (QED) is 0.458. The van der Waals surface area contributed by atoms with Crippen molar-refractivity contribution in [1.29, 1.82) is 0 Å². The van der Waals surface area contributed by atoms with Gasteiger partial charge >= 0.3 is 0 Å². The van der Waals surface area contributed by atoms with E-state index in [1.54, 1.807) is 24.3 Å². The summed E-state index contributed by atoms with van der Waals surface area (Å²) >= 11 is 11.3. The van der Waals surface area contributed by atoms with Gasteiger partial charge in [-0.1, -0.05) is 23.7 Å². The van der Waals surface area contributed by atoms with Crippen LogP contribution in [0, 0.1) is 5.82 Å². The lowest BCUT2D eigenvalue weighted by molar-refractivity contribution is 0.0948. The topological polar surface area (TPSA) is 108 Å². The Kier molecular flexibility index (Phi) is 6.77. The monoisotopic (exact) mass is 471 g/mol. The molecule has 0 saturated heterocycles. The number of aromatic hydroxyl groups is 1. The number of halogens is 3. The lowest BCUT2D eigenvalue weighted by Gasteiger charge is -2.11. The summed E-state index contributed by atoms with van der Waals surface area (Å²) in [4.78, 5) is 15.9. The third-order valence-electron chi connectivity index (χ3n) is 4.18. The number of hydrogen-bond acceptors (Lipinski definition) is 5. The predicted octanol–water partition coefficient (Wildman–Crippen LogP) is 3.18. The van der Waals surface area contributed by atoms with E-state index < -0.39 is 32.4 Å². The summed E-state index contributed by atoms with van der Waals surface area (Å²) in [5.74, 6) is -2.17. The fourth-order valence-corrected chi connectivity index (χ4v) is 4.08. The van der Waals surface area contributed by atoms with Crippen molar-refractivity contribution < 1.29 is 22.7 Å². The number of alkyl halides is 1. The smallest absolute Gasteiger partial charge is 0.256 e. The highest BCUT2D eigenvalue weighted by Gasteiger charge is 2.21. The van der Waals surface area contributed by atoms with Gasteiger partial charge in [0.05, 0.1) is 4.90 Å². The second-order valence-electron chi connectivity index (χ2n) is 6.22. The Morgan fingerprint density at radius 2 is 1.90 bits per heavy atom. The Labute approximate surface area is 181 Å². The fourth-order valence-electron chi connectivity index (χ4n) is 2.68. The average Bonchev–Trinajstić information content (AvgIpc) is 2.72. The summed E-state index contributed by atoms with van der Waals surface area (Å²) in [5, 5.41) is 13.5. The van der Waals surface area contributed by atoms with E-state index in [2.05, 4.69) is 15.0 Å². The molecular formula is C19H16Cl2FN3O4S. The molecule has 30 heavy (non-hydrogen) atoms. The number of benzene rings is 2. The summed E-state index contributed by atoms with van der Waals surface area (Å²) in [6.45, 7) is 0.0968. The molecule has 0 aliphatic rings. The molecule has 0 aliphatic heterocycles. The molecule has 3 N–H and O–H groups in total. The predicted molar refractivity (Wildman–Crippen MR) is 112 cm³/mol. The Bertz CT molecular complexity index is 1200. The van der Waals surface area contributed by atoms with Gasteiger partial charge in [-0.25, -0.2) is 17.5 Å². The van der Waals surface area contributed by atoms with Gasteiger partial charge in [-0.2, -0.15) is 0 Å². The number of carbonyl (C=O) groups is 1. The van der Waals surface area contributed by atoms with Gasteiger partial charge in [-0.3, -0.25) is 9.78 Å². The van der Waals surface area contributed by atoms with Crippen LogP contribution in [0.25, 0.3) is 10.9 Å². The summed E-state index contributed by atoms with van der Waals surface area (Å²) in [5.41, 5.74) is 0.281. The molecule has 11 heteroatoms. The van der Waals surface area contributed by atoms with Crippen LogP contribution in [-0.4, -0.2) is 36.8 Å². The summed E-state index contributed by atoms with van der Waals surface area (Å²) in [7, 11) is -4.06. The number of sulfonamides is 1. The Morgan fingerprint density at radius 3 is 2.57 bits per heavy atom. The third-order valence-corrected chi connectivity index (χ3v) is 6.06. The summed E-state index contributed by atoms with van der Waals surface area (Å²) in [6, 6.07) is 8.62. The average molecular weight is 472 g/mol. The highest BCUT2D eigenvalue weighted by Crippen LogP contribution is 2.31. The van der Waals surface area contributed by atoms with Crippen LogP contribution >= 0.6 is 23.2 Å². The van der Waals surface area contributed by atoms with E-state index in [1.165, 1.54) is 0 Å². The number of fused-ring (bicyclic) bond motifs is 1. The first-order valence-corrected chi connectivity index (χ1v) is 11.0. The van der Waals surface area contributed by atoms with Crippen molar-refractivity contribution in [3.63, 3.8) is 0 Å². The Balaban J connectivity index is 1.93. The number of nitrogens with zero attached hydrogens (tertiary/aromatic N) is 1. The van der Waals surface area contributed by atoms with Gasteiger partial charge in [-0.15, -0.1) is 11.6 Å². The summed E-state index contributed by atoms with van der Waals surface area (Å²) in [6.07, 6.45) is 1.03. The maximum absolute atomic E-state index is 14.4. The van der Waals surface area contributed by atoms with E-state index in [9.17, 15) is 22.7 Å². The molecule has 0 radical (unpaired) electrons. The van der Waals surface area contributed by atoms with Gasteiger partial charge < -0.3 is 10.4 Å². The van der Waals surface area contributed by atoms with Gasteiger partial charge in [0, 0.05) is 35.6 Å². The molecule has 0 atom stereocenters. The second kappa shape index (κ2) is 9.13. The molecule has 3 aromatic rings. The van der Waals surface area contributed by atoms with Gasteiger partial charge in [0.25, 0.3) is 5.91 Å². The van der Waals surface area contributed by atoms with Crippen LogP contribution in [0.4, 0.5) is 4.39 Å². The van der Waals surface area contributed by atoms with Crippen molar-refractivity contribution in [3.05, 3.63) is 64.6 Å². The minimum atomic E-state index is -4.06. The molecule has 0 saturated carbocycles. The molecule has 0 unspecified atom stereocenters. The number of nitrogens with one attached hydrogen (secondary N) is 2. The maximum atomic E-state index is 14.4. The molecule has 158 valence electrons. The molecule has 0 fully saturated rings. The molecule has 2 aromatic carbocycles. The van der Waals surface area contributed by atoms with Crippen molar-refractivity contribution in [2.24, 2.45) is 0 Å². The number of rotatable bonds is 7. The molecule has 0 bridgehead atoms. The van der Waals surface area contributed by atoms with E-state index in [-0.39, 0.29) is 35.4 Å². The van der Waals surface area contributed by atoms with Crippen LogP contribution in [0.5, 0.6) is 5.75 Å². The van der Waals surface area contributed by atoms with E-state index in [4.69, 9.17) is 23.2 Å². The van der Waals surface area contributed by atoms with Crippen LogP contribution in [0.15, 0.2) is 47.5 Å². The first-order valence-electron chi connectivity index (χ1n) is 8.62. The summed E-state index contributed by atoms with van der Waals surface area (Å²) < 4.78 is 41.2. The van der Waals surface area contributed by atoms with Crippen LogP contribution < -0.4 is 10.0 Å². The van der Waals surface area contributed by atoms with Crippen LogP contribution in [0.2, 0.25) is 5.02 Å². The lowest BCUT2D eigenvalue weighted by Crippen LogP contribution is -2.25. The van der Waals surface area contributed by atoms with Crippen LogP contribution in [-0.2, 0) is 16.6 Å². The number of carbonyl (C=O) groups excluding carboxylic acids is 1. The largest absolute Gasteiger partial charge is 0.506 e. The number of hydrogen-bond donors (Lipinski definition) is 3.